The van der Waals surface area contributed by atoms with Gasteiger partial charge in [0.05, 0.1) is 19.3 Å². The molecule has 0 N–H and O–H groups in total. The van der Waals surface area contributed by atoms with Crippen LogP contribution in [0.5, 0.6) is 11.5 Å². The summed E-state index contributed by atoms with van der Waals surface area (Å²) in [5.41, 5.74) is 3.93. The quantitative estimate of drug-likeness (QED) is 0.103. The summed E-state index contributed by atoms with van der Waals surface area (Å²) in [5, 5.41) is 1.23. The van der Waals surface area contributed by atoms with Crippen molar-refractivity contribution in [3.63, 3.8) is 0 Å². The van der Waals surface area contributed by atoms with Crippen molar-refractivity contribution in [1.82, 2.24) is 4.90 Å². The summed E-state index contributed by atoms with van der Waals surface area (Å²) in [6.07, 6.45) is 4.99. The second-order valence-corrected chi connectivity index (χ2v) is 11.1. The number of methoxy groups -OCH3 is 1. The molecule has 0 radical (unpaired) electrons. The Hall–Kier alpha value is -3.68. The van der Waals surface area contributed by atoms with E-state index in [0.29, 0.717) is 30.9 Å². The summed E-state index contributed by atoms with van der Waals surface area (Å²) < 4.78 is 17.7. The van der Waals surface area contributed by atoms with E-state index >= 15 is 0 Å². The molecule has 7 heteroatoms. The molecule has 208 valence electrons. The van der Waals surface area contributed by atoms with Gasteiger partial charge in [-0.1, -0.05) is 30.3 Å². The van der Waals surface area contributed by atoms with Crippen LogP contribution in [0.4, 0.5) is 0 Å². The summed E-state index contributed by atoms with van der Waals surface area (Å²) in [5.74, 6) is 1.15. The molecule has 0 spiro atoms. The van der Waals surface area contributed by atoms with Gasteiger partial charge in [-0.05, 0) is 97.2 Å². The number of nitrogens with zero attached hydrogens (tertiary/aromatic N) is 1. The Labute approximate surface area is 239 Å². The highest BCUT2D eigenvalue weighted by Crippen LogP contribution is 2.41. The van der Waals surface area contributed by atoms with E-state index in [-0.39, 0.29) is 12.4 Å². The first-order valence-corrected chi connectivity index (χ1v) is 14.7. The van der Waals surface area contributed by atoms with E-state index in [0.717, 1.165) is 35.4 Å². The average molecular weight is 558 g/mol. The lowest BCUT2D eigenvalue weighted by molar-refractivity contribution is -0.140. The van der Waals surface area contributed by atoms with Crippen LogP contribution < -0.4 is 9.47 Å². The van der Waals surface area contributed by atoms with E-state index in [2.05, 4.69) is 58.2 Å². The fourth-order valence-corrected chi connectivity index (χ4v) is 6.35. The Morgan fingerprint density at radius 2 is 1.77 bits per heavy atom. The lowest BCUT2D eigenvalue weighted by Crippen LogP contribution is -2.25. The molecule has 4 aromatic rings. The Kier molecular flexibility index (Phi) is 9.47. The number of thiophene rings is 1. The van der Waals surface area contributed by atoms with Crippen molar-refractivity contribution in [1.29, 1.82) is 0 Å². The fourth-order valence-electron chi connectivity index (χ4n) is 5.13. The Morgan fingerprint density at radius 3 is 2.55 bits per heavy atom. The molecule has 3 aromatic carbocycles. The third kappa shape index (κ3) is 6.90. The van der Waals surface area contributed by atoms with Crippen LogP contribution in [-0.4, -0.2) is 57.1 Å². The van der Waals surface area contributed by atoms with E-state index in [4.69, 9.17) is 9.47 Å². The third-order valence-electron chi connectivity index (χ3n) is 7.29. The largest absolute Gasteiger partial charge is 0.493 e. The van der Waals surface area contributed by atoms with Gasteiger partial charge in [0.15, 0.2) is 6.29 Å². The number of likely N-dealkylation sites (tertiary alicyclic amines) is 1. The summed E-state index contributed by atoms with van der Waals surface area (Å²) in [6, 6.07) is 22.6. The van der Waals surface area contributed by atoms with Crippen molar-refractivity contribution in [3.05, 3.63) is 83.4 Å². The van der Waals surface area contributed by atoms with Crippen LogP contribution in [0.2, 0.25) is 0 Å². The SMILES string of the molecule is COC(=O)CCCOc1ccc(-c2sc3ccccc3c2Cc2ccc(OCCN3CCCC3)cc2)cc1C=O. The minimum atomic E-state index is -0.272. The van der Waals surface area contributed by atoms with Gasteiger partial charge in [0.2, 0.25) is 0 Å². The van der Waals surface area contributed by atoms with Gasteiger partial charge >= 0.3 is 5.97 Å². The lowest BCUT2D eigenvalue weighted by atomic mass is 9.98. The molecule has 40 heavy (non-hydrogen) atoms. The van der Waals surface area contributed by atoms with Crippen LogP contribution in [0.3, 0.4) is 0 Å². The number of esters is 1. The monoisotopic (exact) mass is 557 g/mol. The zero-order valence-electron chi connectivity index (χ0n) is 22.9. The summed E-state index contributed by atoms with van der Waals surface area (Å²) in [7, 11) is 1.37. The van der Waals surface area contributed by atoms with Gasteiger partial charge < -0.3 is 14.2 Å². The Morgan fingerprint density at radius 1 is 0.975 bits per heavy atom. The molecule has 0 unspecified atom stereocenters. The number of carbonyl (C=O) groups is 2. The number of hydrogen-bond acceptors (Lipinski definition) is 7. The highest BCUT2D eigenvalue weighted by molar-refractivity contribution is 7.22. The summed E-state index contributed by atoms with van der Waals surface area (Å²) >= 11 is 1.74. The molecule has 2 heterocycles. The zero-order chi connectivity index (χ0) is 27.7. The van der Waals surface area contributed by atoms with Gasteiger partial charge in [0.25, 0.3) is 0 Å². The van der Waals surface area contributed by atoms with E-state index in [1.165, 1.54) is 54.3 Å². The number of hydrogen-bond donors (Lipinski definition) is 0. The molecule has 0 amide bonds. The topological polar surface area (TPSA) is 65.1 Å². The molecule has 1 fully saturated rings. The van der Waals surface area contributed by atoms with Gasteiger partial charge in [-0.15, -0.1) is 11.3 Å². The van der Waals surface area contributed by atoms with Crippen molar-refractivity contribution in [3.8, 4) is 21.9 Å². The van der Waals surface area contributed by atoms with Gasteiger partial charge in [-0.3, -0.25) is 14.5 Å². The number of aldehydes is 1. The van der Waals surface area contributed by atoms with Crippen LogP contribution in [-0.2, 0) is 16.0 Å². The molecule has 5 rings (SSSR count). The number of carbonyl (C=O) groups excluding carboxylic acids is 2. The van der Waals surface area contributed by atoms with E-state index in [9.17, 15) is 9.59 Å². The Bertz CT molecular complexity index is 1440. The molecule has 1 aromatic heterocycles. The van der Waals surface area contributed by atoms with Crippen LogP contribution in [0.1, 0.15) is 47.2 Å². The van der Waals surface area contributed by atoms with Crippen molar-refractivity contribution in [2.75, 3.05) is 40.0 Å². The van der Waals surface area contributed by atoms with Gasteiger partial charge in [0, 0.05) is 22.5 Å². The smallest absolute Gasteiger partial charge is 0.305 e. The van der Waals surface area contributed by atoms with E-state index in [1.54, 1.807) is 11.3 Å². The van der Waals surface area contributed by atoms with Crippen LogP contribution in [0.25, 0.3) is 20.5 Å². The van der Waals surface area contributed by atoms with Gasteiger partial charge in [-0.2, -0.15) is 0 Å². The fraction of sp³-hybridized carbons (Fsp3) is 0.333. The van der Waals surface area contributed by atoms with E-state index < -0.39 is 0 Å². The highest BCUT2D eigenvalue weighted by Gasteiger charge is 2.17. The number of fused-ring (bicyclic) bond motifs is 1. The second kappa shape index (κ2) is 13.6. The molecule has 1 aliphatic rings. The normalized spacial score (nSPS) is 13.4. The Balaban J connectivity index is 1.32. The standard InChI is InChI=1S/C33H35NO5S/c1-37-32(36)9-6-19-39-30-15-12-25(22-26(30)23-35)33-29(28-7-2-3-8-31(28)40-33)21-24-10-13-27(14-11-24)38-20-18-34-16-4-5-17-34/h2-3,7-8,10-15,22-23H,4-6,9,16-21H2,1H3. The second-order valence-electron chi connectivity index (χ2n) is 10.0. The minimum absolute atomic E-state index is 0.272. The third-order valence-corrected chi connectivity index (χ3v) is 8.55. The van der Waals surface area contributed by atoms with Crippen molar-refractivity contribution in [2.45, 2.75) is 32.1 Å². The van der Waals surface area contributed by atoms with Crippen LogP contribution >= 0.6 is 11.3 Å². The van der Waals surface area contributed by atoms with Gasteiger partial charge in [0.1, 0.15) is 18.1 Å². The first kappa shape index (κ1) is 27.9. The number of ether oxygens (including phenoxy) is 3. The van der Waals surface area contributed by atoms with Crippen LogP contribution in [0, 0.1) is 0 Å². The maximum absolute atomic E-state index is 12.0. The first-order valence-electron chi connectivity index (χ1n) is 13.9. The molecule has 0 atom stereocenters. The summed E-state index contributed by atoms with van der Waals surface area (Å²) in [6.45, 7) is 4.39. The molecule has 0 bridgehead atoms. The minimum Gasteiger partial charge on any atom is -0.493 e. The number of benzene rings is 3. The molecular formula is C33H35NO5S. The highest BCUT2D eigenvalue weighted by atomic mass is 32.1. The van der Waals surface area contributed by atoms with Crippen molar-refractivity contribution < 1.29 is 23.8 Å². The average Bonchev–Trinajstić information content (AvgIpc) is 3.64. The molecule has 6 nitrogen and oxygen atoms in total. The zero-order valence-corrected chi connectivity index (χ0v) is 23.7. The maximum atomic E-state index is 12.0. The maximum Gasteiger partial charge on any atom is 0.305 e. The first-order chi connectivity index (χ1) is 19.6. The molecule has 0 aliphatic carbocycles. The van der Waals surface area contributed by atoms with Crippen LogP contribution in [0.15, 0.2) is 66.7 Å². The van der Waals surface area contributed by atoms with Crippen molar-refractivity contribution >= 4 is 33.7 Å². The van der Waals surface area contributed by atoms with Crippen molar-refractivity contribution in [2.24, 2.45) is 0 Å². The molecule has 1 aliphatic heterocycles. The van der Waals surface area contributed by atoms with Gasteiger partial charge in [-0.25, -0.2) is 0 Å². The molecule has 1 saturated heterocycles. The number of rotatable bonds is 13. The molecule has 0 saturated carbocycles. The van der Waals surface area contributed by atoms with E-state index in [1.807, 2.05) is 18.2 Å². The lowest BCUT2D eigenvalue weighted by Gasteiger charge is -2.15. The summed E-state index contributed by atoms with van der Waals surface area (Å²) in [4.78, 5) is 26.9. The predicted molar refractivity (Wildman–Crippen MR) is 160 cm³/mol. The molecular weight excluding hydrogens is 522 g/mol. The predicted octanol–water partition coefficient (Wildman–Crippen LogP) is 6.78.